The fourth-order valence-electron chi connectivity index (χ4n) is 3.76. The summed E-state index contributed by atoms with van der Waals surface area (Å²) in [5.74, 6) is 0.622. The highest BCUT2D eigenvalue weighted by atomic mass is 15.3. The van der Waals surface area contributed by atoms with E-state index in [1.165, 1.54) is 50.1 Å². The Hall–Kier alpha value is -1.02. The minimum Gasteiger partial charge on any atom is -0.366 e. The van der Waals surface area contributed by atoms with Crippen molar-refractivity contribution in [3.63, 3.8) is 0 Å². The first kappa shape index (κ1) is 13.9. The summed E-state index contributed by atoms with van der Waals surface area (Å²) >= 11 is 0. The van der Waals surface area contributed by atoms with E-state index in [0.717, 1.165) is 6.04 Å². The molecule has 0 saturated carbocycles. The minimum atomic E-state index is 0.622. The highest BCUT2D eigenvalue weighted by Crippen LogP contribution is 2.29. The number of anilines is 1. The van der Waals surface area contributed by atoms with Crippen molar-refractivity contribution in [1.82, 2.24) is 4.90 Å². The van der Waals surface area contributed by atoms with Crippen molar-refractivity contribution in [1.29, 1.82) is 0 Å². The number of fused-ring (bicyclic) bond motifs is 1. The summed E-state index contributed by atoms with van der Waals surface area (Å²) in [6.45, 7) is 10.7. The van der Waals surface area contributed by atoms with Gasteiger partial charge in [0.25, 0.3) is 0 Å². The SMILES string of the molecule is CC(C)c1ccc(N2CC3CCCCN3CC2C)cc1. The predicted molar refractivity (Wildman–Crippen MR) is 86.6 cm³/mol. The summed E-state index contributed by atoms with van der Waals surface area (Å²) in [5.41, 5.74) is 2.85. The maximum Gasteiger partial charge on any atom is 0.0389 e. The fourth-order valence-corrected chi connectivity index (χ4v) is 3.76. The maximum absolute atomic E-state index is 2.72. The third-order valence-corrected chi connectivity index (χ3v) is 5.08. The van der Waals surface area contributed by atoms with E-state index in [1.807, 2.05) is 0 Å². The van der Waals surface area contributed by atoms with Crippen LogP contribution >= 0.6 is 0 Å². The van der Waals surface area contributed by atoms with E-state index < -0.39 is 0 Å². The van der Waals surface area contributed by atoms with Gasteiger partial charge >= 0.3 is 0 Å². The van der Waals surface area contributed by atoms with Crippen LogP contribution in [0.3, 0.4) is 0 Å². The number of hydrogen-bond acceptors (Lipinski definition) is 2. The number of hydrogen-bond donors (Lipinski definition) is 0. The van der Waals surface area contributed by atoms with Crippen LogP contribution in [0.2, 0.25) is 0 Å². The molecule has 0 spiro atoms. The van der Waals surface area contributed by atoms with E-state index >= 15 is 0 Å². The first-order chi connectivity index (χ1) is 9.65. The average Bonchev–Trinajstić information content (AvgIpc) is 2.46. The van der Waals surface area contributed by atoms with Gasteiger partial charge in [-0.25, -0.2) is 0 Å². The Morgan fingerprint density at radius 2 is 1.80 bits per heavy atom. The molecule has 2 heteroatoms. The van der Waals surface area contributed by atoms with Gasteiger partial charge in [-0.05, 0) is 49.9 Å². The summed E-state index contributed by atoms with van der Waals surface area (Å²) in [5, 5.41) is 0. The molecule has 2 aliphatic heterocycles. The van der Waals surface area contributed by atoms with Crippen LogP contribution in [-0.4, -0.2) is 36.6 Å². The summed E-state index contributed by atoms with van der Waals surface area (Å²) < 4.78 is 0. The molecule has 1 aromatic rings. The number of piperidine rings is 1. The van der Waals surface area contributed by atoms with Crippen molar-refractivity contribution in [2.45, 2.75) is 58.0 Å². The van der Waals surface area contributed by atoms with Gasteiger partial charge in [0.15, 0.2) is 0 Å². The molecule has 0 N–H and O–H groups in total. The van der Waals surface area contributed by atoms with Gasteiger partial charge in [0, 0.05) is 30.9 Å². The zero-order valence-corrected chi connectivity index (χ0v) is 13.2. The van der Waals surface area contributed by atoms with E-state index in [-0.39, 0.29) is 0 Å². The van der Waals surface area contributed by atoms with Gasteiger partial charge in [-0.2, -0.15) is 0 Å². The Balaban J connectivity index is 1.75. The minimum absolute atomic E-state index is 0.622. The second kappa shape index (κ2) is 5.77. The largest absolute Gasteiger partial charge is 0.366 e. The van der Waals surface area contributed by atoms with E-state index in [9.17, 15) is 0 Å². The number of piperazine rings is 1. The van der Waals surface area contributed by atoms with Gasteiger partial charge in [-0.3, -0.25) is 4.90 Å². The van der Waals surface area contributed by atoms with Crippen molar-refractivity contribution in [2.24, 2.45) is 0 Å². The second-order valence-corrected chi connectivity index (χ2v) is 6.89. The number of benzene rings is 1. The molecule has 0 aliphatic carbocycles. The molecule has 2 atom stereocenters. The van der Waals surface area contributed by atoms with Crippen LogP contribution in [0.4, 0.5) is 5.69 Å². The highest BCUT2D eigenvalue weighted by Gasteiger charge is 2.32. The van der Waals surface area contributed by atoms with Crippen molar-refractivity contribution in [3.8, 4) is 0 Å². The number of nitrogens with zero attached hydrogens (tertiary/aromatic N) is 2. The Labute approximate surface area is 123 Å². The molecule has 110 valence electrons. The van der Waals surface area contributed by atoms with E-state index in [2.05, 4.69) is 54.8 Å². The van der Waals surface area contributed by atoms with Gasteiger partial charge in [0.1, 0.15) is 0 Å². The van der Waals surface area contributed by atoms with Gasteiger partial charge in [-0.15, -0.1) is 0 Å². The summed E-state index contributed by atoms with van der Waals surface area (Å²) in [6.07, 6.45) is 4.19. The fraction of sp³-hybridized carbons (Fsp3) is 0.667. The molecule has 2 saturated heterocycles. The lowest BCUT2D eigenvalue weighted by Gasteiger charge is -2.48. The molecule has 2 aliphatic rings. The Morgan fingerprint density at radius 1 is 1.05 bits per heavy atom. The summed E-state index contributed by atoms with van der Waals surface area (Å²) in [6, 6.07) is 10.7. The van der Waals surface area contributed by atoms with Gasteiger partial charge in [0.05, 0.1) is 0 Å². The van der Waals surface area contributed by atoms with Crippen molar-refractivity contribution < 1.29 is 0 Å². The molecule has 1 aromatic carbocycles. The van der Waals surface area contributed by atoms with Crippen LogP contribution in [0.25, 0.3) is 0 Å². The van der Waals surface area contributed by atoms with Crippen LogP contribution in [0.15, 0.2) is 24.3 Å². The molecule has 2 heterocycles. The topological polar surface area (TPSA) is 6.48 Å². The lowest BCUT2D eigenvalue weighted by molar-refractivity contribution is 0.115. The molecular formula is C18H28N2. The zero-order chi connectivity index (χ0) is 14.1. The molecule has 0 amide bonds. The third kappa shape index (κ3) is 2.71. The van der Waals surface area contributed by atoms with Crippen molar-refractivity contribution in [2.75, 3.05) is 24.5 Å². The van der Waals surface area contributed by atoms with E-state index in [1.54, 1.807) is 0 Å². The molecule has 3 rings (SSSR count). The van der Waals surface area contributed by atoms with Crippen LogP contribution in [0, 0.1) is 0 Å². The monoisotopic (exact) mass is 272 g/mol. The molecular weight excluding hydrogens is 244 g/mol. The molecule has 2 fully saturated rings. The summed E-state index contributed by atoms with van der Waals surface area (Å²) in [4.78, 5) is 5.34. The van der Waals surface area contributed by atoms with E-state index in [4.69, 9.17) is 0 Å². The quantitative estimate of drug-likeness (QED) is 0.806. The summed E-state index contributed by atoms with van der Waals surface area (Å²) in [7, 11) is 0. The predicted octanol–water partition coefficient (Wildman–Crippen LogP) is 3.87. The smallest absolute Gasteiger partial charge is 0.0389 e. The van der Waals surface area contributed by atoms with Crippen LogP contribution in [0.5, 0.6) is 0 Å². The Morgan fingerprint density at radius 3 is 2.50 bits per heavy atom. The lowest BCUT2D eigenvalue weighted by Crippen LogP contribution is -2.58. The van der Waals surface area contributed by atoms with Gasteiger partial charge < -0.3 is 4.90 Å². The average molecular weight is 272 g/mol. The van der Waals surface area contributed by atoms with Crippen LogP contribution in [0.1, 0.15) is 51.5 Å². The molecule has 0 bridgehead atoms. The first-order valence-corrected chi connectivity index (χ1v) is 8.26. The van der Waals surface area contributed by atoms with Crippen LogP contribution < -0.4 is 4.90 Å². The molecule has 2 unspecified atom stereocenters. The highest BCUT2D eigenvalue weighted by molar-refractivity contribution is 5.49. The number of rotatable bonds is 2. The Bertz CT molecular complexity index is 437. The zero-order valence-electron chi connectivity index (χ0n) is 13.2. The second-order valence-electron chi connectivity index (χ2n) is 6.89. The van der Waals surface area contributed by atoms with E-state index in [0.29, 0.717) is 12.0 Å². The van der Waals surface area contributed by atoms with Crippen molar-refractivity contribution in [3.05, 3.63) is 29.8 Å². The molecule has 20 heavy (non-hydrogen) atoms. The Kier molecular flexibility index (Phi) is 4.02. The third-order valence-electron chi connectivity index (χ3n) is 5.08. The molecule has 0 radical (unpaired) electrons. The van der Waals surface area contributed by atoms with Crippen LogP contribution in [-0.2, 0) is 0 Å². The maximum atomic E-state index is 2.72. The lowest BCUT2D eigenvalue weighted by atomic mass is 9.96. The standard InChI is InChI=1S/C18H28N2/c1-14(2)16-7-9-17(10-8-16)20-13-18-6-4-5-11-19(18)12-15(20)3/h7-10,14-15,18H,4-6,11-13H2,1-3H3. The van der Waals surface area contributed by atoms with Gasteiger partial charge in [0.2, 0.25) is 0 Å². The van der Waals surface area contributed by atoms with Gasteiger partial charge in [-0.1, -0.05) is 32.4 Å². The van der Waals surface area contributed by atoms with Crippen molar-refractivity contribution >= 4 is 5.69 Å². The molecule has 0 aromatic heterocycles. The molecule has 2 nitrogen and oxygen atoms in total. The first-order valence-electron chi connectivity index (χ1n) is 8.26. The normalized spacial score (nSPS) is 27.7.